The third-order valence-electron chi connectivity index (χ3n) is 9.60. The summed E-state index contributed by atoms with van der Waals surface area (Å²) >= 11 is 1.30. The second-order valence-corrected chi connectivity index (χ2v) is 14.6. The summed E-state index contributed by atoms with van der Waals surface area (Å²) in [7, 11) is 0. The summed E-state index contributed by atoms with van der Waals surface area (Å²) in [5.74, 6) is -2.56. The number of aryl methyl sites for hydroxylation is 1. The minimum atomic E-state index is -0.992. The molecule has 2 atom stereocenters. The first-order valence-electron chi connectivity index (χ1n) is 15.9. The van der Waals surface area contributed by atoms with Crippen LogP contribution < -0.4 is 40.0 Å². The van der Waals surface area contributed by atoms with E-state index >= 15 is 0 Å². The summed E-state index contributed by atoms with van der Waals surface area (Å²) in [5.41, 5.74) is 5.41. The number of hydrogen-bond acceptors (Lipinski definition) is 9. The second kappa shape index (κ2) is 14.7. The molecule has 0 saturated carbocycles. The zero-order chi connectivity index (χ0) is 32.6. The number of carboxylic acids is 1. The van der Waals surface area contributed by atoms with Gasteiger partial charge in [-0.1, -0.05) is 56.4 Å². The molecule has 0 bridgehead atoms. The Morgan fingerprint density at radius 2 is 1.83 bits per heavy atom. The number of rotatable bonds is 8. The molecule has 47 heavy (non-hydrogen) atoms. The number of pyridine rings is 2. The van der Waals surface area contributed by atoms with Crippen LogP contribution in [0.25, 0.3) is 21.5 Å². The number of thiazole rings is 1. The van der Waals surface area contributed by atoms with Crippen molar-refractivity contribution in [1.82, 2.24) is 25.2 Å². The second-order valence-electron chi connectivity index (χ2n) is 13.6. The molecule has 242 valence electrons. The van der Waals surface area contributed by atoms with Gasteiger partial charge in [-0.2, -0.15) is 0 Å². The molecule has 1 aliphatic carbocycles. The number of fused-ring (bicyclic) bond motifs is 2. The molecule has 1 aliphatic heterocycles. The number of nitrogens with zero attached hydrogens (tertiary/aromatic N) is 4. The fraction of sp³-hybridized carbons (Fsp3) is 0.457. The van der Waals surface area contributed by atoms with Crippen LogP contribution in [0.3, 0.4) is 0 Å². The first-order chi connectivity index (χ1) is 21.9. The predicted molar refractivity (Wildman–Crippen MR) is 173 cm³/mol. The molecule has 1 aromatic carbocycles. The number of aromatic nitrogens is 3. The molecule has 0 radical (unpaired) electrons. The zero-order valence-corrected chi connectivity index (χ0v) is 30.2. The number of carbonyl (C=O) groups excluding carboxylic acids is 2. The van der Waals surface area contributed by atoms with Crippen molar-refractivity contribution in [2.24, 2.45) is 17.3 Å². The van der Waals surface area contributed by atoms with Crippen molar-refractivity contribution < 1.29 is 53.7 Å². The summed E-state index contributed by atoms with van der Waals surface area (Å²) in [6, 6.07) is 10.5. The van der Waals surface area contributed by atoms with Crippen molar-refractivity contribution in [2.75, 3.05) is 19.6 Å². The first-order valence-corrected chi connectivity index (χ1v) is 16.7. The number of carbonyl (C=O) groups is 2. The molecule has 1 saturated heterocycles. The molecule has 3 aromatic heterocycles. The Labute approximate surface area is 300 Å². The van der Waals surface area contributed by atoms with Crippen LogP contribution in [0.4, 0.5) is 4.39 Å². The minimum Gasteiger partial charge on any atom is -0.550 e. The number of amides is 1. The Balaban J connectivity index is 0.00000433. The van der Waals surface area contributed by atoms with E-state index in [1.807, 2.05) is 24.3 Å². The number of aromatic hydroxyl groups is 1. The SMILES string of the molecule is CC(C)(C)[C@H]1CCc2nc3sc(C(=O)NC(CCN4CCC(C(=O)[O-])CC4)c4ccc(-c5cnc(O)c(F)c5)cc4)nc3cc2C1.[Na+]. The summed E-state index contributed by atoms with van der Waals surface area (Å²) in [6.45, 7) is 8.82. The molecule has 12 heteroatoms. The van der Waals surface area contributed by atoms with Gasteiger partial charge < -0.3 is 25.2 Å². The van der Waals surface area contributed by atoms with E-state index in [-0.39, 0.29) is 46.9 Å². The van der Waals surface area contributed by atoms with Crippen LogP contribution >= 0.6 is 11.3 Å². The van der Waals surface area contributed by atoms with Gasteiger partial charge in [0.15, 0.2) is 10.8 Å². The molecule has 1 fully saturated rings. The van der Waals surface area contributed by atoms with Crippen LogP contribution in [0.15, 0.2) is 42.6 Å². The predicted octanol–water partition coefficient (Wildman–Crippen LogP) is 2.08. The maximum atomic E-state index is 13.9. The Morgan fingerprint density at radius 1 is 1.11 bits per heavy atom. The van der Waals surface area contributed by atoms with Gasteiger partial charge in [-0.05, 0) is 91.8 Å². The Bertz CT molecular complexity index is 1750. The number of halogens is 1. The minimum absolute atomic E-state index is 0. The van der Waals surface area contributed by atoms with Crippen molar-refractivity contribution >= 4 is 33.6 Å². The average Bonchev–Trinajstić information content (AvgIpc) is 3.46. The van der Waals surface area contributed by atoms with Gasteiger partial charge in [-0.3, -0.25) is 4.79 Å². The number of aliphatic carboxylic acids is 1. The number of benzene rings is 1. The van der Waals surface area contributed by atoms with E-state index in [0.29, 0.717) is 55.4 Å². The van der Waals surface area contributed by atoms with Crippen LogP contribution in [0, 0.1) is 23.1 Å². The molecule has 1 unspecified atom stereocenters. The first kappa shape index (κ1) is 35.3. The van der Waals surface area contributed by atoms with E-state index in [1.165, 1.54) is 29.2 Å². The molecule has 0 spiro atoms. The quantitative estimate of drug-likeness (QED) is 0.273. The van der Waals surface area contributed by atoms with Crippen LogP contribution in [-0.4, -0.2) is 56.5 Å². The number of likely N-dealkylation sites (tertiary alicyclic amines) is 1. The Morgan fingerprint density at radius 3 is 2.49 bits per heavy atom. The fourth-order valence-electron chi connectivity index (χ4n) is 6.59. The Kier molecular flexibility index (Phi) is 11.0. The maximum Gasteiger partial charge on any atom is 1.00 e. The molecule has 4 aromatic rings. The van der Waals surface area contributed by atoms with Gasteiger partial charge in [-0.25, -0.2) is 19.3 Å². The van der Waals surface area contributed by atoms with Crippen LogP contribution in [0.2, 0.25) is 0 Å². The third-order valence-corrected chi connectivity index (χ3v) is 10.6. The van der Waals surface area contributed by atoms with E-state index in [4.69, 9.17) is 9.97 Å². The van der Waals surface area contributed by atoms with E-state index in [1.54, 1.807) is 0 Å². The van der Waals surface area contributed by atoms with Gasteiger partial charge in [0.2, 0.25) is 5.88 Å². The third kappa shape index (κ3) is 8.20. The Hall–Kier alpha value is -2.96. The van der Waals surface area contributed by atoms with E-state index in [2.05, 4.69) is 42.0 Å². The standard InChI is InChI=1S/C35H40FN5O4S.Na/c1-35(2,3)25-8-9-27-23(16-25)18-29-32(39-27)46-33(40-29)31(43)38-28(12-15-41-13-10-22(11-14-41)34(44)45)21-6-4-20(5-7-21)24-17-26(36)30(42)37-19-24;/h4-7,17-19,22,25,28H,8-16H2,1-3H3,(H,37,42)(H,38,43)(H,44,45);/q;+1/p-1/t25-,28?;/m0./s1. The van der Waals surface area contributed by atoms with Gasteiger partial charge >= 0.3 is 29.6 Å². The molecule has 4 heterocycles. The molecule has 9 nitrogen and oxygen atoms in total. The summed E-state index contributed by atoms with van der Waals surface area (Å²) < 4.78 is 13.9. The van der Waals surface area contributed by atoms with Gasteiger partial charge in [0.1, 0.15) is 10.3 Å². The van der Waals surface area contributed by atoms with Crippen molar-refractivity contribution in [3.63, 3.8) is 0 Å². The van der Waals surface area contributed by atoms with Crippen LogP contribution in [0.1, 0.15) is 79.1 Å². The monoisotopic (exact) mass is 667 g/mol. The van der Waals surface area contributed by atoms with Crippen molar-refractivity contribution in [1.29, 1.82) is 0 Å². The average molecular weight is 668 g/mol. The van der Waals surface area contributed by atoms with E-state index in [9.17, 15) is 24.2 Å². The smallest absolute Gasteiger partial charge is 0.550 e. The summed E-state index contributed by atoms with van der Waals surface area (Å²) in [4.78, 5) is 41.3. The van der Waals surface area contributed by atoms with Crippen molar-refractivity contribution in [2.45, 2.75) is 65.3 Å². The number of hydrogen-bond donors (Lipinski definition) is 2. The van der Waals surface area contributed by atoms with Gasteiger partial charge in [0.25, 0.3) is 5.91 Å². The fourth-order valence-corrected chi connectivity index (χ4v) is 7.43. The van der Waals surface area contributed by atoms with Crippen molar-refractivity contribution in [3.05, 3.63) is 70.2 Å². The molecular formula is C35H39FN5NaO4S. The molecule has 2 aliphatic rings. The molecule has 2 N–H and O–H groups in total. The number of piperidine rings is 1. The van der Waals surface area contributed by atoms with Crippen molar-refractivity contribution in [3.8, 4) is 17.0 Å². The topological polar surface area (TPSA) is 131 Å². The summed E-state index contributed by atoms with van der Waals surface area (Å²) in [6.07, 6.45) is 6.09. The van der Waals surface area contributed by atoms with Gasteiger partial charge in [-0.15, -0.1) is 0 Å². The molecule has 6 rings (SSSR count). The largest absolute Gasteiger partial charge is 1.00 e. The molecule has 1 amide bonds. The normalized spacial score (nSPS) is 17.9. The maximum absolute atomic E-state index is 13.9. The van der Waals surface area contributed by atoms with Crippen LogP contribution in [-0.2, 0) is 17.6 Å². The van der Waals surface area contributed by atoms with Gasteiger partial charge in [0.05, 0.1) is 6.04 Å². The van der Waals surface area contributed by atoms with Gasteiger partial charge in [0, 0.05) is 35.9 Å². The van der Waals surface area contributed by atoms with E-state index in [0.717, 1.165) is 46.4 Å². The summed E-state index contributed by atoms with van der Waals surface area (Å²) in [5, 5.41) is 24.3. The zero-order valence-electron chi connectivity index (χ0n) is 27.4. The van der Waals surface area contributed by atoms with Crippen LogP contribution in [0.5, 0.6) is 5.88 Å². The number of carboxylic acid groups (broad SMARTS) is 1. The van der Waals surface area contributed by atoms with E-state index < -0.39 is 23.6 Å². The number of nitrogens with one attached hydrogen (secondary N) is 1. The molecular weight excluding hydrogens is 628 g/mol.